The van der Waals surface area contributed by atoms with Gasteiger partial charge in [0.15, 0.2) is 0 Å². The fraction of sp³-hybridized carbons (Fsp3) is 0.381. The molecule has 2 aromatic carbocycles. The lowest BCUT2D eigenvalue weighted by atomic mass is 10.2. The number of rotatable bonds is 8. The highest BCUT2D eigenvalue weighted by Crippen LogP contribution is 2.27. The van der Waals surface area contributed by atoms with Crippen LogP contribution in [0.3, 0.4) is 0 Å². The topological polar surface area (TPSA) is 32.8 Å². The van der Waals surface area contributed by atoms with Crippen LogP contribution in [0, 0.1) is 0 Å². The Kier molecular flexibility index (Phi) is 7.39. The van der Waals surface area contributed by atoms with E-state index in [0.29, 0.717) is 13.1 Å². The van der Waals surface area contributed by atoms with Gasteiger partial charge in [0, 0.05) is 37.8 Å². The SMILES string of the molecule is CCN(Cc1ccc(N(C)C)cc1)C(=O)C(C)Sc1ccc(OC)cc1. The van der Waals surface area contributed by atoms with E-state index in [9.17, 15) is 4.79 Å². The van der Waals surface area contributed by atoms with E-state index in [2.05, 4.69) is 29.2 Å². The van der Waals surface area contributed by atoms with Crippen molar-refractivity contribution < 1.29 is 9.53 Å². The van der Waals surface area contributed by atoms with Crippen LogP contribution in [0.4, 0.5) is 5.69 Å². The maximum absolute atomic E-state index is 12.9. The lowest BCUT2D eigenvalue weighted by Gasteiger charge is -2.24. The van der Waals surface area contributed by atoms with Crippen LogP contribution in [-0.4, -0.2) is 43.8 Å². The van der Waals surface area contributed by atoms with Gasteiger partial charge in [0.25, 0.3) is 0 Å². The number of amides is 1. The van der Waals surface area contributed by atoms with Crippen molar-refractivity contribution in [1.29, 1.82) is 0 Å². The van der Waals surface area contributed by atoms with Gasteiger partial charge in [0.1, 0.15) is 5.75 Å². The number of anilines is 1. The molecule has 0 aliphatic carbocycles. The van der Waals surface area contributed by atoms with Gasteiger partial charge < -0.3 is 14.5 Å². The zero-order chi connectivity index (χ0) is 19.1. The molecule has 0 fully saturated rings. The first-order valence-corrected chi connectivity index (χ1v) is 9.68. The lowest BCUT2D eigenvalue weighted by Crippen LogP contribution is -2.35. The van der Waals surface area contributed by atoms with Crippen LogP contribution in [0.25, 0.3) is 0 Å². The molecule has 0 N–H and O–H groups in total. The maximum Gasteiger partial charge on any atom is 0.236 e. The number of benzene rings is 2. The summed E-state index contributed by atoms with van der Waals surface area (Å²) in [5.41, 5.74) is 2.30. The smallest absolute Gasteiger partial charge is 0.236 e. The molecule has 26 heavy (non-hydrogen) atoms. The van der Waals surface area contributed by atoms with Crippen LogP contribution < -0.4 is 9.64 Å². The van der Waals surface area contributed by atoms with Gasteiger partial charge in [-0.2, -0.15) is 0 Å². The molecule has 0 aliphatic heterocycles. The van der Waals surface area contributed by atoms with Crippen LogP contribution >= 0.6 is 11.8 Å². The summed E-state index contributed by atoms with van der Waals surface area (Å²) in [5, 5.41) is -0.135. The third-order valence-corrected chi connectivity index (χ3v) is 5.34. The number of nitrogens with zero attached hydrogens (tertiary/aromatic N) is 2. The van der Waals surface area contributed by atoms with Crippen molar-refractivity contribution in [2.24, 2.45) is 0 Å². The molecular formula is C21H28N2O2S. The molecule has 2 aromatic rings. The normalized spacial score (nSPS) is 11.7. The van der Waals surface area contributed by atoms with Gasteiger partial charge >= 0.3 is 0 Å². The molecule has 1 amide bonds. The molecule has 0 radical (unpaired) electrons. The Morgan fingerprint density at radius 1 is 1.08 bits per heavy atom. The van der Waals surface area contributed by atoms with Crippen LogP contribution in [-0.2, 0) is 11.3 Å². The third-order valence-electron chi connectivity index (χ3n) is 4.24. The first-order chi connectivity index (χ1) is 12.4. The summed E-state index contributed by atoms with van der Waals surface area (Å²) in [5.74, 6) is 0.981. The molecular weight excluding hydrogens is 344 g/mol. The number of carbonyl (C=O) groups is 1. The van der Waals surface area contributed by atoms with Crippen molar-refractivity contribution in [2.75, 3.05) is 32.6 Å². The first-order valence-electron chi connectivity index (χ1n) is 8.80. The molecule has 0 bridgehead atoms. The van der Waals surface area contributed by atoms with Crippen molar-refractivity contribution >= 4 is 23.4 Å². The summed E-state index contributed by atoms with van der Waals surface area (Å²) in [7, 11) is 5.70. The molecule has 0 spiro atoms. The van der Waals surface area contributed by atoms with Crippen LogP contribution in [0.15, 0.2) is 53.4 Å². The fourth-order valence-corrected chi connectivity index (χ4v) is 3.58. The van der Waals surface area contributed by atoms with Gasteiger partial charge in [-0.05, 0) is 55.8 Å². The quantitative estimate of drug-likeness (QED) is 0.647. The lowest BCUT2D eigenvalue weighted by molar-refractivity contribution is -0.130. The number of thioether (sulfide) groups is 1. The minimum Gasteiger partial charge on any atom is -0.497 e. The number of hydrogen-bond acceptors (Lipinski definition) is 4. The van der Waals surface area contributed by atoms with Crippen LogP contribution in [0.5, 0.6) is 5.75 Å². The van der Waals surface area contributed by atoms with Crippen molar-refractivity contribution in [1.82, 2.24) is 4.90 Å². The van der Waals surface area contributed by atoms with Gasteiger partial charge in [-0.15, -0.1) is 11.8 Å². The molecule has 1 unspecified atom stereocenters. The number of hydrogen-bond donors (Lipinski definition) is 0. The fourth-order valence-electron chi connectivity index (χ4n) is 2.63. The van der Waals surface area contributed by atoms with Crippen molar-refractivity contribution in [3.05, 3.63) is 54.1 Å². The summed E-state index contributed by atoms with van der Waals surface area (Å²) >= 11 is 1.58. The minimum atomic E-state index is -0.135. The van der Waals surface area contributed by atoms with E-state index in [1.807, 2.05) is 57.1 Å². The molecule has 1 atom stereocenters. The van der Waals surface area contributed by atoms with E-state index in [1.54, 1.807) is 18.9 Å². The zero-order valence-corrected chi connectivity index (χ0v) is 17.0. The van der Waals surface area contributed by atoms with E-state index in [4.69, 9.17) is 4.74 Å². The van der Waals surface area contributed by atoms with Crippen LogP contribution in [0.2, 0.25) is 0 Å². The molecule has 4 nitrogen and oxygen atoms in total. The molecule has 0 saturated heterocycles. The molecule has 140 valence electrons. The Morgan fingerprint density at radius 3 is 2.19 bits per heavy atom. The van der Waals surface area contributed by atoms with Crippen molar-refractivity contribution in [2.45, 2.75) is 30.5 Å². The van der Waals surface area contributed by atoms with E-state index < -0.39 is 0 Å². The summed E-state index contributed by atoms with van der Waals surface area (Å²) in [4.78, 5) is 17.9. The minimum absolute atomic E-state index is 0.135. The Morgan fingerprint density at radius 2 is 1.69 bits per heavy atom. The van der Waals surface area contributed by atoms with Gasteiger partial charge in [0.2, 0.25) is 5.91 Å². The average Bonchev–Trinajstić information content (AvgIpc) is 2.66. The van der Waals surface area contributed by atoms with E-state index >= 15 is 0 Å². The van der Waals surface area contributed by atoms with E-state index in [1.165, 1.54) is 0 Å². The Labute approximate surface area is 161 Å². The summed E-state index contributed by atoms with van der Waals surface area (Å²) in [6.45, 7) is 5.32. The molecule has 0 aliphatic rings. The molecule has 5 heteroatoms. The van der Waals surface area contributed by atoms with Gasteiger partial charge in [-0.3, -0.25) is 4.79 Å². The molecule has 0 saturated carbocycles. The predicted octanol–water partition coefficient (Wildman–Crippen LogP) is 4.29. The maximum atomic E-state index is 12.9. The standard InChI is InChI=1S/C21H28N2O2S/c1-6-23(15-17-7-9-18(10-8-17)22(3)4)21(24)16(2)26-20-13-11-19(25-5)12-14-20/h7-14,16H,6,15H2,1-5H3. The van der Waals surface area contributed by atoms with E-state index in [0.717, 1.165) is 21.9 Å². The number of methoxy groups -OCH3 is 1. The largest absolute Gasteiger partial charge is 0.497 e. The van der Waals surface area contributed by atoms with Gasteiger partial charge in [-0.25, -0.2) is 0 Å². The number of carbonyl (C=O) groups excluding carboxylic acids is 1. The highest BCUT2D eigenvalue weighted by molar-refractivity contribution is 8.00. The Balaban J connectivity index is 1.99. The predicted molar refractivity (Wildman–Crippen MR) is 110 cm³/mol. The number of ether oxygens (including phenoxy) is 1. The third kappa shape index (κ3) is 5.43. The van der Waals surface area contributed by atoms with Crippen molar-refractivity contribution in [3.63, 3.8) is 0 Å². The summed E-state index contributed by atoms with van der Waals surface area (Å²) in [6, 6.07) is 16.2. The molecule has 2 rings (SSSR count). The summed E-state index contributed by atoms with van der Waals surface area (Å²) < 4.78 is 5.18. The second-order valence-corrected chi connectivity index (χ2v) is 7.76. The van der Waals surface area contributed by atoms with Gasteiger partial charge in [-0.1, -0.05) is 12.1 Å². The summed E-state index contributed by atoms with van der Waals surface area (Å²) in [6.07, 6.45) is 0. The van der Waals surface area contributed by atoms with Crippen molar-refractivity contribution in [3.8, 4) is 5.75 Å². The molecule has 0 heterocycles. The van der Waals surface area contributed by atoms with Crippen LogP contribution in [0.1, 0.15) is 19.4 Å². The average molecular weight is 373 g/mol. The zero-order valence-electron chi connectivity index (χ0n) is 16.2. The molecule has 0 aromatic heterocycles. The van der Waals surface area contributed by atoms with Gasteiger partial charge in [0.05, 0.1) is 12.4 Å². The highest BCUT2D eigenvalue weighted by Gasteiger charge is 2.20. The van der Waals surface area contributed by atoms with E-state index in [-0.39, 0.29) is 11.2 Å². The second-order valence-electron chi connectivity index (χ2n) is 6.35. The second kappa shape index (κ2) is 9.53. The monoisotopic (exact) mass is 372 g/mol. The highest BCUT2D eigenvalue weighted by atomic mass is 32.2. The first kappa shape index (κ1) is 20.2. The Bertz CT molecular complexity index is 699. The Hall–Kier alpha value is -2.14.